The van der Waals surface area contributed by atoms with Crippen LogP contribution in [0.3, 0.4) is 0 Å². The zero-order chi connectivity index (χ0) is 14.3. The highest BCUT2D eigenvalue weighted by molar-refractivity contribution is 7.09. The molecule has 0 saturated heterocycles. The molecule has 0 fully saturated rings. The fraction of sp³-hybridized carbons (Fsp3) is 0.750. The summed E-state index contributed by atoms with van der Waals surface area (Å²) in [6, 6.07) is 4.78. The van der Waals surface area contributed by atoms with Crippen LogP contribution in [0.1, 0.15) is 45.9 Å². The maximum Gasteiger partial charge on any atom is 0.0776 e. The summed E-state index contributed by atoms with van der Waals surface area (Å²) in [5.41, 5.74) is 0.165. The summed E-state index contributed by atoms with van der Waals surface area (Å²) in [7, 11) is 0. The Balaban J connectivity index is 2.66. The van der Waals surface area contributed by atoms with Gasteiger partial charge in [0.1, 0.15) is 0 Å². The Hall–Kier alpha value is -0.380. The first-order chi connectivity index (χ1) is 8.99. The molecule has 1 N–H and O–H groups in total. The number of nitrogens with one attached hydrogen (secondary N) is 1. The van der Waals surface area contributed by atoms with E-state index in [-0.39, 0.29) is 11.5 Å². The van der Waals surface area contributed by atoms with Crippen molar-refractivity contribution in [1.29, 1.82) is 0 Å². The average molecular weight is 283 g/mol. The van der Waals surface area contributed by atoms with Crippen LogP contribution in [0.5, 0.6) is 0 Å². The third kappa shape index (κ3) is 5.64. The van der Waals surface area contributed by atoms with Gasteiger partial charge in [-0.05, 0) is 43.2 Å². The first-order valence-corrected chi connectivity index (χ1v) is 8.24. The van der Waals surface area contributed by atoms with Crippen molar-refractivity contribution < 1.29 is 4.74 Å². The zero-order valence-corrected chi connectivity index (χ0v) is 13.8. The second kappa shape index (κ2) is 8.03. The fourth-order valence-corrected chi connectivity index (χ4v) is 3.25. The monoisotopic (exact) mass is 283 g/mol. The minimum Gasteiger partial charge on any atom is -0.376 e. The van der Waals surface area contributed by atoms with Gasteiger partial charge in [-0.3, -0.25) is 0 Å². The molecule has 1 rings (SSSR count). The summed E-state index contributed by atoms with van der Waals surface area (Å²) in [5, 5.41) is 5.77. The predicted molar refractivity (Wildman–Crippen MR) is 85.0 cm³/mol. The highest BCUT2D eigenvalue weighted by Crippen LogP contribution is 2.27. The molecule has 1 aromatic rings. The molecule has 0 aliphatic carbocycles. The Labute approximate surface area is 122 Å². The lowest BCUT2D eigenvalue weighted by molar-refractivity contribution is -0.0369. The van der Waals surface area contributed by atoms with Crippen LogP contribution in [-0.4, -0.2) is 25.3 Å². The molecule has 0 amide bonds. The highest BCUT2D eigenvalue weighted by Gasteiger charge is 2.32. The number of rotatable bonds is 8. The molecule has 1 heterocycles. The van der Waals surface area contributed by atoms with Crippen LogP contribution in [0.4, 0.5) is 0 Å². The largest absolute Gasteiger partial charge is 0.376 e. The summed E-state index contributed by atoms with van der Waals surface area (Å²) >= 11 is 1.85. The number of aryl methyl sites for hydroxylation is 1. The van der Waals surface area contributed by atoms with E-state index in [1.54, 1.807) is 0 Å². The van der Waals surface area contributed by atoms with Crippen LogP contribution < -0.4 is 5.32 Å². The van der Waals surface area contributed by atoms with E-state index in [1.807, 2.05) is 11.3 Å². The number of thiophene rings is 1. The van der Waals surface area contributed by atoms with Gasteiger partial charge in [-0.2, -0.15) is 0 Å². The number of hydrogen-bond acceptors (Lipinski definition) is 3. The molecule has 19 heavy (non-hydrogen) atoms. The summed E-state index contributed by atoms with van der Waals surface area (Å²) < 4.78 is 6.03. The van der Waals surface area contributed by atoms with Crippen molar-refractivity contribution in [2.75, 3.05) is 13.2 Å². The molecule has 1 aromatic heterocycles. The van der Waals surface area contributed by atoms with Crippen molar-refractivity contribution in [3.8, 4) is 0 Å². The van der Waals surface area contributed by atoms with E-state index in [2.05, 4.69) is 57.4 Å². The van der Waals surface area contributed by atoms with Crippen molar-refractivity contribution in [2.45, 2.75) is 59.6 Å². The Bertz CT molecular complexity index is 329. The Morgan fingerprint density at radius 2 is 2.05 bits per heavy atom. The first-order valence-electron chi connectivity index (χ1n) is 7.36. The maximum absolute atomic E-state index is 6.03. The fourth-order valence-electron chi connectivity index (χ4n) is 2.52. The second-order valence-electron chi connectivity index (χ2n) is 6.02. The lowest BCUT2D eigenvalue weighted by atomic mass is 9.82. The molecule has 0 spiro atoms. The van der Waals surface area contributed by atoms with Crippen LogP contribution in [0.25, 0.3) is 0 Å². The standard InChI is InChI=1S/C16H29NOS/c1-6-17-14(11-10-13-9-8-12-19-13)15(18-7-2)16(3,4)5/h8-9,12,14-15,17H,6-7,10-11H2,1-5H3. The zero-order valence-electron chi connectivity index (χ0n) is 13.0. The van der Waals surface area contributed by atoms with Crippen LogP contribution in [0.15, 0.2) is 17.5 Å². The van der Waals surface area contributed by atoms with Crippen molar-refractivity contribution in [2.24, 2.45) is 5.41 Å². The van der Waals surface area contributed by atoms with Gasteiger partial charge < -0.3 is 10.1 Å². The summed E-state index contributed by atoms with van der Waals surface area (Å²) in [5.74, 6) is 0. The normalized spacial score (nSPS) is 15.4. The predicted octanol–water partition coefficient (Wildman–Crippen LogP) is 4.11. The molecule has 0 saturated carbocycles. The molecular weight excluding hydrogens is 254 g/mol. The smallest absolute Gasteiger partial charge is 0.0776 e. The van der Waals surface area contributed by atoms with E-state index in [9.17, 15) is 0 Å². The maximum atomic E-state index is 6.03. The van der Waals surface area contributed by atoms with Crippen molar-refractivity contribution in [3.05, 3.63) is 22.4 Å². The SMILES string of the molecule is CCNC(CCc1cccs1)C(OCC)C(C)(C)C. The molecular formula is C16H29NOS. The quantitative estimate of drug-likeness (QED) is 0.775. The minimum atomic E-state index is 0.165. The highest BCUT2D eigenvalue weighted by atomic mass is 32.1. The van der Waals surface area contributed by atoms with Crippen LogP contribution in [0, 0.1) is 5.41 Å². The third-order valence-electron chi connectivity index (χ3n) is 3.31. The minimum absolute atomic E-state index is 0.165. The van der Waals surface area contributed by atoms with Crippen LogP contribution in [-0.2, 0) is 11.2 Å². The summed E-state index contributed by atoms with van der Waals surface area (Å²) in [4.78, 5) is 1.46. The lowest BCUT2D eigenvalue weighted by Gasteiger charge is -2.37. The van der Waals surface area contributed by atoms with Crippen LogP contribution >= 0.6 is 11.3 Å². The van der Waals surface area contributed by atoms with Gasteiger partial charge in [0.05, 0.1) is 6.10 Å². The van der Waals surface area contributed by atoms with Gasteiger partial charge in [0.2, 0.25) is 0 Å². The molecule has 0 radical (unpaired) electrons. The van der Waals surface area contributed by atoms with Gasteiger partial charge in [0.25, 0.3) is 0 Å². The van der Waals surface area contributed by atoms with Crippen molar-refractivity contribution in [1.82, 2.24) is 5.32 Å². The van der Waals surface area contributed by atoms with E-state index in [4.69, 9.17) is 4.74 Å². The van der Waals surface area contributed by atoms with Gasteiger partial charge in [0.15, 0.2) is 0 Å². The van der Waals surface area contributed by atoms with Gasteiger partial charge in [-0.15, -0.1) is 11.3 Å². The molecule has 0 aliphatic heterocycles. The average Bonchev–Trinajstić information content (AvgIpc) is 2.83. The van der Waals surface area contributed by atoms with Gasteiger partial charge >= 0.3 is 0 Å². The first kappa shape index (κ1) is 16.7. The number of likely N-dealkylation sites (N-methyl/N-ethyl adjacent to an activating group) is 1. The third-order valence-corrected chi connectivity index (χ3v) is 4.25. The van der Waals surface area contributed by atoms with E-state index in [1.165, 1.54) is 4.88 Å². The molecule has 110 valence electrons. The number of hydrogen-bond donors (Lipinski definition) is 1. The van der Waals surface area contributed by atoms with E-state index in [0.29, 0.717) is 6.04 Å². The molecule has 0 bridgehead atoms. The van der Waals surface area contributed by atoms with E-state index in [0.717, 1.165) is 26.0 Å². The number of ether oxygens (including phenoxy) is 1. The Morgan fingerprint density at radius 1 is 1.32 bits per heavy atom. The summed E-state index contributed by atoms with van der Waals surface area (Å²) in [6.45, 7) is 12.8. The van der Waals surface area contributed by atoms with E-state index < -0.39 is 0 Å². The molecule has 0 aromatic carbocycles. The Kier molecular flexibility index (Phi) is 7.05. The van der Waals surface area contributed by atoms with E-state index >= 15 is 0 Å². The van der Waals surface area contributed by atoms with Gasteiger partial charge in [0, 0.05) is 17.5 Å². The molecule has 2 unspecified atom stereocenters. The van der Waals surface area contributed by atoms with Crippen LogP contribution in [0.2, 0.25) is 0 Å². The molecule has 3 heteroatoms. The molecule has 2 nitrogen and oxygen atoms in total. The van der Waals surface area contributed by atoms with Crippen molar-refractivity contribution >= 4 is 11.3 Å². The van der Waals surface area contributed by atoms with Gasteiger partial charge in [-0.1, -0.05) is 33.8 Å². The Morgan fingerprint density at radius 3 is 2.53 bits per heavy atom. The second-order valence-corrected chi connectivity index (χ2v) is 7.06. The summed E-state index contributed by atoms with van der Waals surface area (Å²) in [6.07, 6.45) is 2.53. The lowest BCUT2D eigenvalue weighted by Crippen LogP contribution is -2.48. The van der Waals surface area contributed by atoms with Gasteiger partial charge in [-0.25, -0.2) is 0 Å². The topological polar surface area (TPSA) is 21.3 Å². The molecule has 0 aliphatic rings. The molecule has 2 atom stereocenters. The van der Waals surface area contributed by atoms with Crippen molar-refractivity contribution in [3.63, 3.8) is 0 Å².